The second-order valence-corrected chi connectivity index (χ2v) is 4.80. The Balaban J connectivity index is 2.21. The molecular formula is C11H8Cl3N3O. The fourth-order valence-electron chi connectivity index (χ4n) is 1.38. The lowest BCUT2D eigenvalue weighted by Gasteiger charge is -2.04. The van der Waals surface area contributed by atoms with Crippen molar-refractivity contribution in [1.82, 2.24) is 9.78 Å². The topological polar surface area (TPSA) is 46.9 Å². The number of hydrogen-bond donors (Lipinski definition) is 1. The lowest BCUT2D eigenvalue weighted by atomic mass is 10.3. The molecule has 2 aromatic rings. The van der Waals surface area contributed by atoms with Crippen molar-refractivity contribution in [3.05, 3.63) is 45.2 Å². The van der Waals surface area contributed by atoms with Crippen LogP contribution in [0.1, 0.15) is 10.5 Å². The molecule has 0 bridgehead atoms. The minimum Gasteiger partial charge on any atom is -0.320 e. The third-order valence-electron chi connectivity index (χ3n) is 2.18. The summed E-state index contributed by atoms with van der Waals surface area (Å²) in [5, 5.41) is 7.67. The summed E-state index contributed by atoms with van der Waals surface area (Å²) in [6.45, 7) is 0. The first-order valence-electron chi connectivity index (χ1n) is 4.93. The maximum Gasteiger partial charge on any atom is 0.277 e. The molecule has 2 rings (SSSR count). The van der Waals surface area contributed by atoms with Gasteiger partial charge in [-0.2, -0.15) is 5.10 Å². The predicted octanol–water partition coefficient (Wildman–Crippen LogP) is 3.63. The van der Waals surface area contributed by atoms with Crippen LogP contribution in [-0.4, -0.2) is 15.7 Å². The van der Waals surface area contributed by atoms with Crippen molar-refractivity contribution in [2.24, 2.45) is 7.05 Å². The molecule has 94 valence electrons. The summed E-state index contributed by atoms with van der Waals surface area (Å²) in [6, 6.07) is 4.79. The first kappa shape index (κ1) is 13.2. The number of halogens is 3. The highest BCUT2D eigenvalue weighted by Gasteiger charge is 2.15. The van der Waals surface area contributed by atoms with E-state index in [9.17, 15) is 4.79 Å². The lowest BCUT2D eigenvalue weighted by Crippen LogP contribution is -2.13. The van der Waals surface area contributed by atoms with E-state index in [4.69, 9.17) is 34.8 Å². The van der Waals surface area contributed by atoms with Crippen LogP contribution in [0.3, 0.4) is 0 Å². The Morgan fingerprint density at radius 3 is 2.50 bits per heavy atom. The van der Waals surface area contributed by atoms with Crippen molar-refractivity contribution in [3.63, 3.8) is 0 Å². The number of hydrogen-bond acceptors (Lipinski definition) is 2. The monoisotopic (exact) mass is 303 g/mol. The maximum atomic E-state index is 11.9. The number of rotatable bonds is 2. The summed E-state index contributed by atoms with van der Waals surface area (Å²) in [5.41, 5.74) is 0.682. The number of carbonyl (C=O) groups excluding carboxylic acids is 1. The van der Waals surface area contributed by atoms with Gasteiger partial charge in [-0.05, 0) is 18.2 Å². The van der Waals surface area contributed by atoms with Gasteiger partial charge in [-0.1, -0.05) is 34.8 Å². The summed E-state index contributed by atoms with van der Waals surface area (Å²) in [7, 11) is 1.68. The van der Waals surface area contributed by atoms with E-state index in [1.807, 2.05) is 0 Å². The minimum atomic E-state index is -0.404. The van der Waals surface area contributed by atoms with Crippen LogP contribution in [0.25, 0.3) is 0 Å². The fraction of sp³-hybridized carbons (Fsp3) is 0.0909. The summed E-state index contributed by atoms with van der Waals surface area (Å²) in [5.74, 6) is -0.404. The molecule has 0 aliphatic rings. The normalized spacial score (nSPS) is 10.4. The molecule has 18 heavy (non-hydrogen) atoms. The van der Waals surface area contributed by atoms with Crippen molar-refractivity contribution in [2.45, 2.75) is 0 Å². The average Bonchev–Trinajstić information content (AvgIpc) is 2.63. The van der Waals surface area contributed by atoms with Gasteiger partial charge in [0.05, 0.1) is 15.1 Å². The van der Waals surface area contributed by atoms with Gasteiger partial charge in [0.15, 0.2) is 5.69 Å². The third kappa shape index (κ3) is 2.77. The molecule has 1 aromatic carbocycles. The van der Waals surface area contributed by atoms with E-state index in [0.717, 1.165) is 0 Å². The van der Waals surface area contributed by atoms with Crippen molar-refractivity contribution >= 4 is 46.4 Å². The Morgan fingerprint density at radius 1 is 1.22 bits per heavy atom. The summed E-state index contributed by atoms with van der Waals surface area (Å²) >= 11 is 17.5. The molecule has 4 nitrogen and oxygen atoms in total. The minimum absolute atomic E-state index is 0.158. The standard InChI is InChI=1S/C11H8Cl3N3O/c1-17-5-9(14)10(16-17)11(18)15-6-2-3-7(12)8(13)4-6/h2-5H,1H3,(H,15,18). The molecule has 0 saturated heterocycles. The van der Waals surface area contributed by atoms with Crippen LogP contribution < -0.4 is 5.32 Å². The Morgan fingerprint density at radius 2 is 1.94 bits per heavy atom. The Kier molecular flexibility index (Phi) is 3.80. The molecule has 0 fully saturated rings. The number of carbonyl (C=O) groups is 1. The Labute approximate surface area is 118 Å². The second-order valence-electron chi connectivity index (χ2n) is 3.58. The quantitative estimate of drug-likeness (QED) is 0.921. The zero-order valence-corrected chi connectivity index (χ0v) is 11.5. The number of anilines is 1. The zero-order valence-electron chi connectivity index (χ0n) is 9.25. The molecule has 0 aliphatic carbocycles. The van der Waals surface area contributed by atoms with E-state index < -0.39 is 5.91 Å². The number of benzene rings is 1. The first-order chi connectivity index (χ1) is 8.47. The van der Waals surface area contributed by atoms with Gasteiger partial charge in [0.1, 0.15) is 0 Å². The predicted molar refractivity (Wildman–Crippen MR) is 72.6 cm³/mol. The number of aryl methyl sites for hydroxylation is 1. The molecule has 7 heteroatoms. The molecular weight excluding hydrogens is 296 g/mol. The van der Waals surface area contributed by atoms with Gasteiger partial charge in [-0.3, -0.25) is 9.48 Å². The van der Waals surface area contributed by atoms with E-state index in [0.29, 0.717) is 15.7 Å². The second kappa shape index (κ2) is 5.18. The smallest absolute Gasteiger partial charge is 0.277 e. The maximum absolute atomic E-state index is 11.9. The average molecular weight is 305 g/mol. The van der Waals surface area contributed by atoms with Crippen LogP contribution >= 0.6 is 34.8 Å². The molecule has 0 saturated carbocycles. The van der Waals surface area contributed by atoms with E-state index in [1.165, 1.54) is 4.68 Å². The van der Waals surface area contributed by atoms with Gasteiger partial charge in [0, 0.05) is 18.9 Å². The highest BCUT2D eigenvalue weighted by atomic mass is 35.5. The van der Waals surface area contributed by atoms with E-state index in [1.54, 1.807) is 31.4 Å². The van der Waals surface area contributed by atoms with Gasteiger partial charge in [-0.15, -0.1) is 0 Å². The highest BCUT2D eigenvalue weighted by Crippen LogP contribution is 2.25. The molecule has 0 radical (unpaired) electrons. The largest absolute Gasteiger partial charge is 0.320 e. The molecule has 1 N–H and O–H groups in total. The Bertz CT molecular complexity index is 610. The van der Waals surface area contributed by atoms with Crippen molar-refractivity contribution < 1.29 is 4.79 Å². The molecule has 1 amide bonds. The van der Waals surface area contributed by atoms with Crippen LogP contribution in [0.4, 0.5) is 5.69 Å². The van der Waals surface area contributed by atoms with E-state index in [-0.39, 0.29) is 10.7 Å². The molecule has 1 heterocycles. The zero-order chi connectivity index (χ0) is 13.3. The number of amides is 1. The molecule has 0 atom stereocenters. The SMILES string of the molecule is Cn1cc(Cl)c(C(=O)Nc2ccc(Cl)c(Cl)c2)n1. The van der Waals surface area contributed by atoms with Gasteiger partial charge in [-0.25, -0.2) is 0 Å². The summed E-state index contributed by atoms with van der Waals surface area (Å²) in [4.78, 5) is 11.9. The molecule has 0 aliphatic heterocycles. The van der Waals surface area contributed by atoms with Crippen LogP contribution in [-0.2, 0) is 7.05 Å². The van der Waals surface area contributed by atoms with E-state index in [2.05, 4.69) is 10.4 Å². The van der Waals surface area contributed by atoms with Crippen LogP contribution in [0.5, 0.6) is 0 Å². The van der Waals surface area contributed by atoms with E-state index >= 15 is 0 Å². The Hall–Kier alpha value is -1.23. The number of nitrogens with one attached hydrogen (secondary N) is 1. The van der Waals surface area contributed by atoms with Gasteiger partial charge in [0.25, 0.3) is 5.91 Å². The third-order valence-corrected chi connectivity index (χ3v) is 3.19. The summed E-state index contributed by atoms with van der Waals surface area (Å²) < 4.78 is 1.46. The van der Waals surface area contributed by atoms with Crippen LogP contribution in [0.2, 0.25) is 15.1 Å². The molecule has 1 aromatic heterocycles. The van der Waals surface area contributed by atoms with Crippen LogP contribution in [0.15, 0.2) is 24.4 Å². The first-order valence-corrected chi connectivity index (χ1v) is 6.06. The number of nitrogens with zero attached hydrogens (tertiary/aromatic N) is 2. The molecule has 0 unspecified atom stereocenters. The summed E-state index contributed by atoms with van der Waals surface area (Å²) in [6.07, 6.45) is 1.55. The van der Waals surface area contributed by atoms with Gasteiger partial charge >= 0.3 is 0 Å². The molecule has 0 spiro atoms. The highest BCUT2D eigenvalue weighted by molar-refractivity contribution is 6.42. The lowest BCUT2D eigenvalue weighted by molar-refractivity contribution is 0.102. The van der Waals surface area contributed by atoms with Gasteiger partial charge in [0.2, 0.25) is 0 Å². The van der Waals surface area contributed by atoms with Crippen molar-refractivity contribution in [2.75, 3.05) is 5.32 Å². The van der Waals surface area contributed by atoms with Crippen molar-refractivity contribution in [3.8, 4) is 0 Å². The van der Waals surface area contributed by atoms with Gasteiger partial charge < -0.3 is 5.32 Å². The van der Waals surface area contributed by atoms with Crippen LogP contribution in [0, 0.1) is 0 Å². The number of aromatic nitrogens is 2. The fourth-order valence-corrected chi connectivity index (χ4v) is 1.94. The van der Waals surface area contributed by atoms with Crippen molar-refractivity contribution in [1.29, 1.82) is 0 Å².